The molecule has 0 atom stereocenters. The SMILES string of the molecule is C.CCC(CC)Nc1ccccc1. The van der Waals surface area contributed by atoms with Gasteiger partial charge in [-0.25, -0.2) is 0 Å². The zero-order chi connectivity index (χ0) is 8.81. The van der Waals surface area contributed by atoms with Gasteiger partial charge in [-0.1, -0.05) is 39.5 Å². The quantitative estimate of drug-likeness (QED) is 0.738. The highest BCUT2D eigenvalue weighted by molar-refractivity contribution is 5.43. The lowest BCUT2D eigenvalue weighted by Gasteiger charge is -2.15. The van der Waals surface area contributed by atoms with E-state index in [2.05, 4.69) is 43.4 Å². The zero-order valence-corrected chi connectivity index (χ0v) is 7.88. The highest BCUT2D eigenvalue weighted by Gasteiger charge is 2.00. The summed E-state index contributed by atoms with van der Waals surface area (Å²) in [5, 5.41) is 3.48. The first-order valence-electron chi connectivity index (χ1n) is 4.68. The number of hydrogen-bond donors (Lipinski definition) is 1. The van der Waals surface area contributed by atoms with E-state index >= 15 is 0 Å². The molecule has 0 fully saturated rings. The van der Waals surface area contributed by atoms with Crippen LogP contribution in [0.4, 0.5) is 5.69 Å². The Balaban J connectivity index is 0.00000144. The molecule has 1 rings (SSSR count). The molecule has 0 aliphatic carbocycles. The third-order valence-electron chi connectivity index (χ3n) is 2.13. The van der Waals surface area contributed by atoms with Crippen molar-refractivity contribution < 1.29 is 0 Å². The Hall–Kier alpha value is -0.980. The predicted octanol–water partition coefficient (Wildman–Crippen LogP) is 3.92. The monoisotopic (exact) mass is 179 g/mol. The zero-order valence-electron chi connectivity index (χ0n) is 7.88. The van der Waals surface area contributed by atoms with Gasteiger partial charge in [0.25, 0.3) is 0 Å². The van der Waals surface area contributed by atoms with Crippen LogP contribution < -0.4 is 5.32 Å². The molecule has 0 unspecified atom stereocenters. The van der Waals surface area contributed by atoms with E-state index in [9.17, 15) is 0 Å². The number of benzene rings is 1. The van der Waals surface area contributed by atoms with Gasteiger partial charge >= 0.3 is 0 Å². The lowest BCUT2D eigenvalue weighted by Crippen LogP contribution is -2.16. The van der Waals surface area contributed by atoms with Crippen molar-refractivity contribution in [3.63, 3.8) is 0 Å². The smallest absolute Gasteiger partial charge is 0.0342 e. The highest BCUT2D eigenvalue weighted by Crippen LogP contribution is 2.10. The lowest BCUT2D eigenvalue weighted by molar-refractivity contribution is 0.672. The molecule has 0 aliphatic heterocycles. The van der Waals surface area contributed by atoms with Crippen molar-refractivity contribution in [2.45, 2.75) is 40.2 Å². The van der Waals surface area contributed by atoms with Crippen LogP contribution in [0.2, 0.25) is 0 Å². The minimum atomic E-state index is 0. The van der Waals surface area contributed by atoms with Gasteiger partial charge in [0, 0.05) is 11.7 Å². The van der Waals surface area contributed by atoms with Crippen molar-refractivity contribution >= 4 is 5.69 Å². The van der Waals surface area contributed by atoms with Crippen LogP contribution in [0.1, 0.15) is 34.1 Å². The molecule has 0 bridgehead atoms. The normalized spacial score (nSPS) is 9.46. The van der Waals surface area contributed by atoms with Gasteiger partial charge in [0.2, 0.25) is 0 Å². The summed E-state index contributed by atoms with van der Waals surface area (Å²) < 4.78 is 0. The molecular weight excluding hydrogens is 158 g/mol. The number of hydrogen-bond acceptors (Lipinski definition) is 1. The lowest BCUT2D eigenvalue weighted by atomic mass is 10.1. The van der Waals surface area contributed by atoms with E-state index in [1.165, 1.54) is 18.5 Å². The Kier molecular flexibility index (Phi) is 6.03. The molecule has 1 nitrogen and oxygen atoms in total. The molecule has 1 N–H and O–H groups in total. The molecule has 0 aromatic heterocycles. The predicted molar refractivity (Wildman–Crippen MR) is 61.2 cm³/mol. The Labute approximate surface area is 82.2 Å². The second-order valence-electron chi connectivity index (χ2n) is 3.02. The summed E-state index contributed by atoms with van der Waals surface area (Å²) in [5.41, 5.74) is 1.23. The molecule has 0 spiro atoms. The summed E-state index contributed by atoms with van der Waals surface area (Å²) >= 11 is 0. The van der Waals surface area contributed by atoms with Gasteiger partial charge in [0.05, 0.1) is 0 Å². The maximum atomic E-state index is 3.48. The van der Waals surface area contributed by atoms with Gasteiger partial charge in [0.1, 0.15) is 0 Å². The first-order chi connectivity index (χ1) is 5.86. The number of nitrogens with one attached hydrogen (secondary N) is 1. The van der Waals surface area contributed by atoms with Gasteiger partial charge in [-0.15, -0.1) is 0 Å². The third-order valence-corrected chi connectivity index (χ3v) is 2.13. The van der Waals surface area contributed by atoms with Crippen LogP contribution in [0, 0.1) is 0 Å². The van der Waals surface area contributed by atoms with E-state index in [1.54, 1.807) is 0 Å². The highest BCUT2D eigenvalue weighted by atomic mass is 14.9. The molecule has 1 aromatic carbocycles. The summed E-state index contributed by atoms with van der Waals surface area (Å²) in [6.07, 6.45) is 2.37. The minimum Gasteiger partial charge on any atom is -0.382 e. The fourth-order valence-corrected chi connectivity index (χ4v) is 1.26. The Morgan fingerprint density at radius 1 is 1.08 bits per heavy atom. The Bertz CT molecular complexity index is 202. The van der Waals surface area contributed by atoms with Crippen LogP contribution in [-0.4, -0.2) is 6.04 Å². The molecule has 1 heteroatoms. The Morgan fingerprint density at radius 3 is 2.08 bits per heavy atom. The van der Waals surface area contributed by atoms with Gasteiger partial charge in [-0.05, 0) is 25.0 Å². The maximum absolute atomic E-state index is 3.48. The Morgan fingerprint density at radius 2 is 1.62 bits per heavy atom. The molecule has 0 radical (unpaired) electrons. The standard InChI is InChI=1S/C11H17N.CH4/c1-3-10(4-2)12-11-8-6-5-7-9-11;/h5-10,12H,3-4H2,1-2H3;1H4. The second-order valence-corrected chi connectivity index (χ2v) is 3.02. The summed E-state index contributed by atoms with van der Waals surface area (Å²) in [4.78, 5) is 0. The van der Waals surface area contributed by atoms with Gasteiger partial charge in [-0.2, -0.15) is 0 Å². The topological polar surface area (TPSA) is 12.0 Å². The molecule has 0 saturated carbocycles. The largest absolute Gasteiger partial charge is 0.382 e. The molecule has 13 heavy (non-hydrogen) atoms. The van der Waals surface area contributed by atoms with E-state index in [0.29, 0.717) is 6.04 Å². The summed E-state index contributed by atoms with van der Waals surface area (Å²) in [6.45, 7) is 4.42. The number of anilines is 1. The van der Waals surface area contributed by atoms with Gasteiger partial charge in [0.15, 0.2) is 0 Å². The molecule has 0 aliphatic rings. The van der Waals surface area contributed by atoms with Crippen molar-refractivity contribution in [2.75, 3.05) is 5.32 Å². The van der Waals surface area contributed by atoms with Crippen LogP contribution in [0.3, 0.4) is 0 Å². The van der Waals surface area contributed by atoms with E-state index < -0.39 is 0 Å². The van der Waals surface area contributed by atoms with Crippen molar-refractivity contribution in [3.8, 4) is 0 Å². The van der Waals surface area contributed by atoms with Crippen LogP contribution in [0.25, 0.3) is 0 Å². The summed E-state index contributed by atoms with van der Waals surface area (Å²) in [5.74, 6) is 0. The average molecular weight is 179 g/mol. The van der Waals surface area contributed by atoms with Crippen LogP contribution in [0.5, 0.6) is 0 Å². The fourth-order valence-electron chi connectivity index (χ4n) is 1.26. The minimum absolute atomic E-state index is 0. The van der Waals surface area contributed by atoms with E-state index in [0.717, 1.165) is 0 Å². The van der Waals surface area contributed by atoms with Crippen LogP contribution in [0.15, 0.2) is 30.3 Å². The first kappa shape index (κ1) is 12.0. The van der Waals surface area contributed by atoms with E-state index in [-0.39, 0.29) is 7.43 Å². The van der Waals surface area contributed by atoms with Crippen molar-refractivity contribution in [1.29, 1.82) is 0 Å². The van der Waals surface area contributed by atoms with Gasteiger partial charge < -0.3 is 5.32 Å². The van der Waals surface area contributed by atoms with E-state index in [4.69, 9.17) is 0 Å². The summed E-state index contributed by atoms with van der Waals surface area (Å²) in [7, 11) is 0. The molecule has 1 aromatic rings. The molecule has 0 saturated heterocycles. The van der Waals surface area contributed by atoms with Crippen LogP contribution >= 0.6 is 0 Å². The molecule has 74 valence electrons. The van der Waals surface area contributed by atoms with Gasteiger partial charge in [-0.3, -0.25) is 0 Å². The first-order valence-corrected chi connectivity index (χ1v) is 4.68. The second kappa shape index (κ2) is 6.53. The molecule has 0 heterocycles. The summed E-state index contributed by atoms with van der Waals surface area (Å²) in [6, 6.07) is 11.0. The van der Waals surface area contributed by atoms with E-state index in [1.807, 2.05) is 6.07 Å². The molecular formula is C12H21N. The average Bonchev–Trinajstić information content (AvgIpc) is 2.16. The fraction of sp³-hybridized carbons (Fsp3) is 0.500. The van der Waals surface area contributed by atoms with Crippen molar-refractivity contribution in [3.05, 3.63) is 30.3 Å². The van der Waals surface area contributed by atoms with Crippen molar-refractivity contribution in [1.82, 2.24) is 0 Å². The molecule has 0 amide bonds. The maximum Gasteiger partial charge on any atom is 0.0342 e. The number of rotatable bonds is 4. The van der Waals surface area contributed by atoms with Crippen LogP contribution in [-0.2, 0) is 0 Å². The third kappa shape index (κ3) is 3.97. The number of para-hydroxylation sites is 1. The van der Waals surface area contributed by atoms with Crippen molar-refractivity contribution in [2.24, 2.45) is 0 Å².